The van der Waals surface area contributed by atoms with Crippen LogP contribution in [0.5, 0.6) is 5.75 Å². The number of aromatic nitrogens is 1. The molecule has 1 aromatic heterocycles. The van der Waals surface area contributed by atoms with Gasteiger partial charge in [-0.3, -0.25) is 0 Å². The maximum atomic E-state index is 13.1. The van der Waals surface area contributed by atoms with Crippen molar-refractivity contribution >= 4 is 5.82 Å². The number of nitrogens with zero attached hydrogens (tertiary/aromatic N) is 1. The fourth-order valence-electron chi connectivity index (χ4n) is 1.57. The molecular weight excluding hydrogens is 233 g/mol. The second-order valence-corrected chi connectivity index (χ2v) is 3.85. The van der Waals surface area contributed by atoms with Gasteiger partial charge in [0, 0.05) is 17.8 Å². The number of anilines is 1. The first-order valence-corrected chi connectivity index (χ1v) is 5.50. The van der Waals surface area contributed by atoms with Crippen LogP contribution in [0.3, 0.4) is 0 Å². The quantitative estimate of drug-likeness (QED) is 0.643. The number of hydrazine groups is 1. The van der Waals surface area contributed by atoms with E-state index in [4.69, 9.17) is 10.6 Å². The lowest BCUT2D eigenvalue weighted by atomic mass is 10.2. The van der Waals surface area contributed by atoms with Crippen molar-refractivity contribution in [2.45, 2.75) is 13.5 Å². The van der Waals surface area contributed by atoms with Crippen LogP contribution >= 0.6 is 0 Å². The normalized spacial score (nSPS) is 10.2. The van der Waals surface area contributed by atoms with Gasteiger partial charge in [-0.25, -0.2) is 15.2 Å². The third kappa shape index (κ3) is 2.75. The Morgan fingerprint density at radius 2 is 2.22 bits per heavy atom. The number of nitrogen functional groups attached to an aromatic ring is 1. The van der Waals surface area contributed by atoms with E-state index in [0.717, 1.165) is 11.1 Å². The van der Waals surface area contributed by atoms with Crippen molar-refractivity contribution in [1.82, 2.24) is 4.98 Å². The van der Waals surface area contributed by atoms with Gasteiger partial charge in [0.05, 0.1) is 0 Å². The predicted octanol–water partition coefficient (Wildman–Crippen LogP) is 2.39. The zero-order valence-corrected chi connectivity index (χ0v) is 9.98. The summed E-state index contributed by atoms with van der Waals surface area (Å²) >= 11 is 0. The SMILES string of the molecule is Cc1ccc(F)cc1OCc1cccnc1NN. The number of ether oxygens (including phenoxy) is 1. The van der Waals surface area contributed by atoms with Crippen LogP contribution in [0.15, 0.2) is 36.5 Å². The molecule has 5 heteroatoms. The number of nitrogens with two attached hydrogens (primary N) is 1. The van der Waals surface area contributed by atoms with E-state index in [1.807, 2.05) is 13.0 Å². The first-order valence-electron chi connectivity index (χ1n) is 5.50. The third-order valence-corrected chi connectivity index (χ3v) is 2.56. The van der Waals surface area contributed by atoms with E-state index in [2.05, 4.69) is 10.4 Å². The summed E-state index contributed by atoms with van der Waals surface area (Å²) in [6, 6.07) is 8.07. The molecule has 0 amide bonds. The highest BCUT2D eigenvalue weighted by Gasteiger charge is 2.05. The van der Waals surface area contributed by atoms with Crippen molar-refractivity contribution in [3.63, 3.8) is 0 Å². The van der Waals surface area contributed by atoms with Crippen LogP contribution in [0.1, 0.15) is 11.1 Å². The molecule has 0 bridgehead atoms. The average molecular weight is 247 g/mol. The topological polar surface area (TPSA) is 60.2 Å². The molecule has 0 unspecified atom stereocenters. The smallest absolute Gasteiger partial charge is 0.146 e. The Balaban J connectivity index is 2.14. The first kappa shape index (κ1) is 12.3. The van der Waals surface area contributed by atoms with Crippen LogP contribution in [0.2, 0.25) is 0 Å². The summed E-state index contributed by atoms with van der Waals surface area (Å²) in [5.41, 5.74) is 4.18. The van der Waals surface area contributed by atoms with Crippen molar-refractivity contribution < 1.29 is 9.13 Å². The molecule has 0 radical (unpaired) electrons. The highest BCUT2D eigenvalue weighted by Crippen LogP contribution is 2.21. The molecule has 0 atom stereocenters. The van der Waals surface area contributed by atoms with Gasteiger partial charge in [0.1, 0.15) is 24.0 Å². The minimum Gasteiger partial charge on any atom is -0.488 e. The molecule has 1 aromatic carbocycles. The Hall–Kier alpha value is -2.14. The molecule has 0 fully saturated rings. The van der Waals surface area contributed by atoms with E-state index < -0.39 is 0 Å². The van der Waals surface area contributed by atoms with E-state index in [-0.39, 0.29) is 12.4 Å². The number of nitrogens with one attached hydrogen (secondary N) is 1. The molecule has 4 nitrogen and oxygen atoms in total. The number of rotatable bonds is 4. The Morgan fingerprint density at radius 3 is 3.00 bits per heavy atom. The molecule has 94 valence electrons. The number of hydrogen-bond acceptors (Lipinski definition) is 4. The molecule has 2 rings (SSSR count). The monoisotopic (exact) mass is 247 g/mol. The fraction of sp³-hybridized carbons (Fsp3) is 0.154. The van der Waals surface area contributed by atoms with Gasteiger partial charge < -0.3 is 10.2 Å². The van der Waals surface area contributed by atoms with Gasteiger partial charge in [0.15, 0.2) is 0 Å². The van der Waals surface area contributed by atoms with Crippen LogP contribution in [0.25, 0.3) is 0 Å². The van der Waals surface area contributed by atoms with Gasteiger partial charge in [-0.15, -0.1) is 0 Å². The van der Waals surface area contributed by atoms with Gasteiger partial charge in [0.25, 0.3) is 0 Å². The zero-order chi connectivity index (χ0) is 13.0. The molecule has 0 aliphatic carbocycles. The predicted molar refractivity (Wildman–Crippen MR) is 67.5 cm³/mol. The van der Waals surface area contributed by atoms with E-state index in [9.17, 15) is 4.39 Å². The molecular formula is C13H14FN3O. The number of benzene rings is 1. The number of halogens is 1. The fourth-order valence-corrected chi connectivity index (χ4v) is 1.57. The van der Waals surface area contributed by atoms with Gasteiger partial charge in [-0.05, 0) is 24.6 Å². The Morgan fingerprint density at radius 1 is 1.39 bits per heavy atom. The number of hydrogen-bond donors (Lipinski definition) is 2. The van der Waals surface area contributed by atoms with Gasteiger partial charge in [-0.2, -0.15) is 0 Å². The summed E-state index contributed by atoms with van der Waals surface area (Å²) in [5.74, 6) is 6.09. The lowest BCUT2D eigenvalue weighted by molar-refractivity contribution is 0.302. The van der Waals surface area contributed by atoms with Crippen molar-refractivity contribution in [2.75, 3.05) is 5.43 Å². The summed E-state index contributed by atoms with van der Waals surface area (Å²) in [4.78, 5) is 4.06. The van der Waals surface area contributed by atoms with E-state index in [1.165, 1.54) is 12.1 Å². The number of pyridine rings is 1. The van der Waals surface area contributed by atoms with Crippen LogP contribution in [-0.2, 0) is 6.61 Å². The van der Waals surface area contributed by atoms with E-state index in [1.54, 1.807) is 18.3 Å². The summed E-state index contributed by atoms with van der Waals surface area (Å²) in [6.07, 6.45) is 1.63. The van der Waals surface area contributed by atoms with Crippen molar-refractivity contribution in [1.29, 1.82) is 0 Å². The van der Waals surface area contributed by atoms with E-state index >= 15 is 0 Å². The molecule has 18 heavy (non-hydrogen) atoms. The molecule has 1 heterocycles. The van der Waals surface area contributed by atoms with Gasteiger partial charge in [-0.1, -0.05) is 12.1 Å². The lowest BCUT2D eigenvalue weighted by Gasteiger charge is -2.11. The number of aryl methyl sites for hydroxylation is 1. The zero-order valence-electron chi connectivity index (χ0n) is 9.98. The molecule has 0 spiro atoms. The highest BCUT2D eigenvalue weighted by atomic mass is 19.1. The van der Waals surface area contributed by atoms with Gasteiger partial charge >= 0.3 is 0 Å². The average Bonchev–Trinajstić information content (AvgIpc) is 2.40. The summed E-state index contributed by atoms with van der Waals surface area (Å²) < 4.78 is 18.7. The second kappa shape index (κ2) is 5.46. The minimum atomic E-state index is -0.320. The Bertz CT molecular complexity index is 546. The van der Waals surface area contributed by atoms with E-state index in [0.29, 0.717) is 11.6 Å². The largest absolute Gasteiger partial charge is 0.488 e. The minimum absolute atomic E-state index is 0.275. The molecule has 0 aliphatic rings. The molecule has 0 saturated heterocycles. The Labute approximate surface area is 105 Å². The maximum absolute atomic E-state index is 13.1. The molecule has 2 aromatic rings. The highest BCUT2D eigenvalue weighted by molar-refractivity contribution is 5.42. The van der Waals surface area contributed by atoms with Crippen LogP contribution in [0, 0.1) is 12.7 Å². The summed E-state index contributed by atoms with van der Waals surface area (Å²) in [7, 11) is 0. The van der Waals surface area contributed by atoms with Crippen LogP contribution in [0.4, 0.5) is 10.2 Å². The lowest BCUT2D eigenvalue weighted by Crippen LogP contribution is -2.12. The Kier molecular flexibility index (Phi) is 3.74. The standard InChI is InChI=1S/C13H14FN3O/c1-9-4-5-11(14)7-12(9)18-8-10-3-2-6-16-13(10)17-15/h2-7H,8,15H2,1H3,(H,16,17). The van der Waals surface area contributed by atoms with Crippen molar-refractivity contribution in [3.05, 3.63) is 53.5 Å². The summed E-state index contributed by atoms with van der Waals surface area (Å²) in [5, 5.41) is 0. The maximum Gasteiger partial charge on any atom is 0.146 e. The molecule has 3 N–H and O–H groups in total. The van der Waals surface area contributed by atoms with Crippen LogP contribution < -0.4 is 16.0 Å². The van der Waals surface area contributed by atoms with Gasteiger partial charge in [0.2, 0.25) is 0 Å². The first-order chi connectivity index (χ1) is 8.70. The molecule has 0 saturated carbocycles. The van der Waals surface area contributed by atoms with Crippen molar-refractivity contribution in [2.24, 2.45) is 5.84 Å². The molecule has 0 aliphatic heterocycles. The van der Waals surface area contributed by atoms with Crippen molar-refractivity contribution in [3.8, 4) is 5.75 Å². The van der Waals surface area contributed by atoms with Crippen LogP contribution in [-0.4, -0.2) is 4.98 Å². The third-order valence-electron chi connectivity index (χ3n) is 2.56. The second-order valence-electron chi connectivity index (χ2n) is 3.85. The summed E-state index contributed by atoms with van der Waals surface area (Å²) in [6.45, 7) is 2.14.